The molecule has 8 nitrogen and oxygen atoms in total. The highest BCUT2D eigenvalue weighted by atomic mass is 35.5. The summed E-state index contributed by atoms with van der Waals surface area (Å²) in [5, 5.41) is 0.0458. The predicted octanol–water partition coefficient (Wildman–Crippen LogP) is 2.31. The first-order valence-corrected chi connectivity index (χ1v) is 11.9. The highest BCUT2D eigenvalue weighted by molar-refractivity contribution is 7.89. The number of esters is 1. The van der Waals surface area contributed by atoms with E-state index in [9.17, 15) is 18.0 Å². The molecular weight excluding hydrogens is 432 g/mol. The van der Waals surface area contributed by atoms with E-state index in [1.54, 1.807) is 4.90 Å². The Morgan fingerprint density at radius 3 is 2.40 bits per heavy atom. The summed E-state index contributed by atoms with van der Waals surface area (Å²) in [6, 6.07) is 3.98. The van der Waals surface area contributed by atoms with Crippen molar-refractivity contribution in [3.8, 4) is 0 Å². The van der Waals surface area contributed by atoms with Crippen LogP contribution in [0.3, 0.4) is 0 Å². The maximum absolute atomic E-state index is 12.9. The van der Waals surface area contributed by atoms with E-state index >= 15 is 0 Å². The van der Waals surface area contributed by atoms with Crippen LogP contribution in [-0.4, -0.2) is 74.5 Å². The molecule has 1 amide bonds. The summed E-state index contributed by atoms with van der Waals surface area (Å²) in [4.78, 5) is 26.3. The van der Waals surface area contributed by atoms with Crippen LogP contribution in [-0.2, 0) is 24.3 Å². The fourth-order valence-electron chi connectivity index (χ4n) is 3.76. The smallest absolute Gasteiger partial charge is 0.338 e. The van der Waals surface area contributed by atoms with Gasteiger partial charge >= 0.3 is 5.97 Å². The lowest BCUT2D eigenvalue weighted by Crippen LogP contribution is -2.49. The average Bonchev–Trinajstić information content (AvgIpc) is 2.71. The molecule has 2 saturated heterocycles. The zero-order chi connectivity index (χ0) is 21.9. The van der Waals surface area contributed by atoms with E-state index in [-0.39, 0.29) is 33.6 Å². The summed E-state index contributed by atoms with van der Waals surface area (Å²) >= 11 is 6.13. The van der Waals surface area contributed by atoms with Crippen LogP contribution >= 0.6 is 11.6 Å². The van der Waals surface area contributed by atoms with E-state index in [1.165, 1.54) is 22.5 Å². The number of carbonyl (C=O) groups excluding carboxylic acids is 2. The molecule has 2 aliphatic rings. The Bertz CT molecular complexity index is 891. The Balaban J connectivity index is 1.68. The molecule has 0 saturated carbocycles. The van der Waals surface area contributed by atoms with Crippen LogP contribution in [0.1, 0.15) is 43.5 Å². The molecule has 0 radical (unpaired) electrons. The predicted molar refractivity (Wildman–Crippen MR) is 111 cm³/mol. The minimum absolute atomic E-state index is 0.0338. The Morgan fingerprint density at radius 1 is 1.13 bits per heavy atom. The molecule has 3 rings (SSSR count). The van der Waals surface area contributed by atoms with Crippen molar-refractivity contribution >= 4 is 33.5 Å². The fourth-order valence-corrected chi connectivity index (χ4v) is 5.77. The quantitative estimate of drug-likeness (QED) is 0.628. The highest BCUT2D eigenvalue weighted by Gasteiger charge is 2.30. The van der Waals surface area contributed by atoms with E-state index in [1.807, 2.05) is 13.8 Å². The summed E-state index contributed by atoms with van der Waals surface area (Å²) in [6.45, 7) is 5.05. The molecule has 0 N–H and O–H groups in total. The molecule has 1 aromatic carbocycles. The van der Waals surface area contributed by atoms with Crippen LogP contribution < -0.4 is 0 Å². The third-order valence-corrected chi connectivity index (χ3v) is 7.58. The third-order valence-electron chi connectivity index (χ3n) is 5.20. The van der Waals surface area contributed by atoms with Gasteiger partial charge in [0.2, 0.25) is 10.0 Å². The van der Waals surface area contributed by atoms with E-state index in [2.05, 4.69) is 0 Å². The first-order valence-electron chi connectivity index (χ1n) is 10.1. The molecule has 2 atom stereocenters. The summed E-state index contributed by atoms with van der Waals surface area (Å²) in [6.07, 6.45) is 2.39. The lowest BCUT2D eigenvalue weighted by Gasteiger charge is -2.35. The van der Waals surface area contributed by atoms with Crippen molar-refractivity contribution in [3.05, 3.63) is 28.8 Å². The van der Waals surface area contributed by atoms with Gasteiger partial charge in [0.15, 0.2) is 6.61 Å². The molecule has 10 heteroatoms. The lowest BCUT2D eigenvalue weighted by molar-refractivity contribution is -0.146. The maximum atomic E-state index is 12.9. The van der Waals surface area contributed by atoms with Gasteiger partial charge in [-0.15, -0.1) is 0 Å². The second kappa shape index (κ2) is 9.64. The van der Waals surface area contributed by atoms with E-state index in [0.29, 0.717) is 26.2 Å². The number of halogens is 1. The molecule has 0 aliphatic carbocycles. The van der Waals surface area contributed by atoms with Crippen LogP contribution in [0.4, 0.5) is 0 Å². The number of amides is 1. The SMILES string of the molecule is C[C@@H]1CN(C(=O)COC(=O)c2ccc(Cl)c(S(=O)(=O)N3CCCCC3)c2)C[C@H](C)O1. The topological polar surface area (TPSA) is 93.2 Å². The molecule has 0 unspecified atom stereocenters. The minimum Gasteiger partial charge on any atom is -0.452 e. The van der Waals surface area contributed by atoms with Crippen molar-refractivity contribution in [3.63, 3.8) is 0 Å². The van der Waals surface area contributed by atoms with Gasteiger partial charge in [-0.3, -0.25) is 4.79 Å². The average molecular weight is 459 g/mol. The van der Waals surface area contributed by atoms with Crippen LogP contribution in [0.2, 0.25) is 5.02 Å². The van der Waals surface area contributed by atoms with Gasteiger partial charge in [-0.1, -0.05) is 18.0 Å². The number of hydrogen-bond donors (Lipinski definition) is 0. The number of ether oxygens (including phenoxy) is 2. The number of rotatable bonds is 5. The van der Waals surface area contributed by atoms with Crippen LogP contribution in [0.25, 0.3) is 0 Å². The summed E-state index contributed by atoms with van der Waals surface area (Å²) in [5.74, 6) is -1.09. The Labute approximate surface area is 182 Å². The molecule has 30 heavy (non-hydrogen) atoms. The molecular formula is C20H27ClN2O6S. The molecule has 2 fully saturated rings. The van der Waals surface area contributed by atoms with Gasteiger partial charge in [-0.05, 0) is 44.9 Å². The van der Waals surface area contributed by atoms with Gasteiger partial charge in [-0.2, -0.15) is 4.31 Å². The Hall–Kier alpha value is -1.68. The molecule has 166 valence electrons. The van der Waals surface area contributed by atoms with Crippen molar-refractivity contribution in [2.24, 2.45) is 0 Å². The number of piperidine rings is 1. The van der Waals surface area contributed by atoms with Crippen LogP contribution in [0.15, 0.2) is 23.1 Å². The zero-order valence-corrected chi connectivity index (χ0v) is 18.7. The normalized spacial score (nSPS) is 23.2. The van der Waals surface area contributed by atoms with Gasteiger partial charge in [0.25, 0.3) is 5.91 Å². The second-order valence-electron chi connectivity index (χ2n) is 7.74. The molecule has 0 bridgehead atoms. The molecule has 0 aromatic heterocycles. The number of carbonyl (C=O) groups is 2. The van der Waals surface area contributed by atoms with E-state index in [4.69, 9.17) is 21.1 Å². The van der Waals surface area contributed by atoms with E-state index < -0.39 is 22.6 Å². The van der Waals surface area contributed by atoms with E-state index in [0.717, 1.165) is 19.3 Å². The maximum Gasteiger partial charge on any atom is 0.338 e. The van der Waals surface area contributed by atoms with Crippen molar-refractivity contribution in [1.29, 1.82) is 0 Å². The number of morpholine rings is 1. The van der Waals surface area contributed by atoms with Gasteiger partial charge in [-0.25, -0.2) is 13.2 Å². The van der Waals surface area contributed by atoms with Crippen molar-refractivity contribution < 1.29 is 27.5 Å². The van der Waals surface area contributed by atoms with Crippen molar-refractivity contribution in [2.75, 3.05) is 32.8 Å². The molecule has 2 aliphatic heterocycles. The number of hydrogen-bond acceptors (Lipinski definition) is 6. The van der Waals surface area contributed by atoms with Gasteiger partial charge < -0.3 is 14.4 Å². The fraction of sp³-hybridized carbons (Fsp3) is 0.600. The lowest BCUT2D eigenvalue weighted by atomic mass is 10.2. The standard InChI is InChI=1S/C20H27ClN2O6S/c1-14-11-22(12-15(2)29-14)19(24)13-28-20(25)16-6-7-17(21)18(10-16)30(26,27)23-8-4-3-5-9-23/h6-7,10,14-15H,3-5,8-9,11-13H2,1-2H3/t14-,15+. The second-order valence-corrected chi connectivity index (χ2v) is 10.1. The van der Waals surface area contributed by atoms with Crippen LogP contribution in [0, 0.1) is 0 Å². The third kappa shape index (κ3) is 5.32. The molecule has 1 aromatic rings. The summed E-state index contributed by atoms with van der Waals surface area (Å²) < 4.78 is 38.0. The Morgan fingerprint density at radius 2 is 1.77 bits per heavy atom. The largest absolute Gasteiger partial charge is 0.452 e. The van der Waals surface area contributed by atoms with Crippen LogP contribution in [0.5, 0.6) is 0 Å². The first kappa shape index (κ1) is 23.0. The first-order chi connectivity index (χ1) is 14.2. The monoisotopic (exact) mass is 458 g/mol. The highest BCUT2D eigenvalue weighted by Crippen LogP contribution is 2.28. The van der Waals surface area contributed by atoms with Gasteiger partial charge in [0.05, 0.1) is 22.8 Å². The number of benzene rings is 1. The van der Waals surface area contributed by atoms with Crippen molar-refractivity contribution in [2.45, 2.75) is 50.2 Å². The molecule has 0 spiro atoms. The van der Waals surface area contributed by atoms with Gasteiger partial charge in [0.1, 0.15) is 4.90 Å². The summed E-state index contributed by atoms with van der Waals surface area (Å²) in [5.41, 5.74) is 0.0338. The minimum atomic E-state index is -3.80. The number of sulfonamides is 1. The summed E-state index contributed by atoms with van der Waals surface area (Å²) in [7, 11) is -3.80. The molecule has 2 heterocycles. The van der Waals surface area contributed by atoms with Gasteiger partial charge in [0, 0.05) is 26.2 Å². The van der Waals surface area contributed by atoms with Crippen molar-refractivity contribution in [1.82, 2.24) is 9.21 Å². The number of nitrogens with zero attached hydrogens (tertiary/aromatic N) is 2. The zero-order valence-electron chi connectivity index (χ0n) is 17.2. The Kier molecular flexibility index (Phi) is 7.38.